The van der Waals surface area contributed by atoms with Crippen LogP contribution in [0.3, 0.4) is 0 Å². The summed E-state index contributed by atoms with van der Waals surface area (Å²) in [6, 6.07) is 0. The van der Waals surface area contributed by atoms with E-state index in [9.17, 15) is 0 Å². The molecule has 0 atom stereocenters. The van der Waals surface area contributed by atoms with E-state index < -0.39 is 0 Å². The minimum Gasteiger partial charge on any atom is -0.421 e. The summed E-state index contributed by atoms with van der Waals surface area (Å²) in [6.45, 7) is 6.66. The number of nitrogens with zero attached hydrogens (tertiary/aromatic N) is 4. The fourth-order valence-electron chi connectivity index (χ4n) is 1.38. The van der Waals surface area contributed by atoms with Crippen molar-refractivity contribution in [3.05, 3.63) is 17.8 Å². The Morgan fingerprint density at radius 3 is 2.64 bits per heavy atom. The lowest BCUT2D eigenvalue weighted by Crippen LogP contribution is -1.98. The number of hydrogen-bond donors (Lipinski definition) is 0. The third-order valence-electron chi connectivity index (χ3n) is 2.16. The van der Waals surface area contributed by atoms with Crippen LogP contribution in [0.5, 0.6) is 0 Å². The van der Waals surface area contributed by atoms with Crippen molar-refractivity contribution in [3.63, 3.8) is 0 Å². The van der Waals surface area contributed by atoms with Crippen LogP contribution in [-0.2, 0) is 6.54 Å². The van der Waals surface area contributed by atoms with Gasteiger partial charge in [-0.15, -0.1) is 10.2 Å². The maximum absolute atomic E-state index is 5.33. The van der Waals surface area contributed by atoms with Crippen LogP contribution in [0.15, 0.2) is 10.6 Å². The Morgan fingerprint density at radius 1 is 1.36 bits per heavy atom. The van der Waals surface area contributed by atoms with E-state index >= 15 is 0 Å². The molecule has 0 aliphatic carbocycles. The monoisotopic (exact) mass is 192 g/mol. The summed E-state index contributed by atoms with van der Waals surface area (Å²) in [5.74, 6) is 1.11. The van der Waals surface area contributed by atoms with Crippen molar-refractivity contribution in [2.24, 2.45) is 0 Å². The van der Waals surface area contributed by atoms with Crippen molar-refractivity contribution in [3.8, 4) is 11.5 Å². The number of hydrogen-bond acceptors (Lipinski definition) is 4. The molecule has 2 rings (SSSR count). The standard InChI is InChI=1S/C9H12N4O/c1-4-13-6(2)8(5-10-13)9-12-11-7(3)14-9/h5H,4H2,1-3H3. The molecule has 0 saturated carbocycles. The highest BCUT2D eigenvalue weighted by Gasteiger charge is 2.12. The van der Waals surface area contributed by atoms with Gasteiger partial charge in [0.25, 0.3) is 5.89 Å². The van der Waals surface area contributed by atoms with E-state index in [1.165, 1.54) is 0 Å². The quantitative estimate of drug-likeness (QED) is 0.724. The molecule has 0 bridgehead atoms. The fraction of sp³-hybridized carbons (Fsp3) is 0.444. The molecule has 0 fully saturated rings. The molecule has 2 aromatic heterocycles. The molecule has 0 N–H and O–H groups in total. The third kappa shape index (κ3) is 1.30. The lowest BCUT2D eigenvalue weighted by Gasteiger charge is -1.98. The molecular weight excluding hydrogens is 180 g/mol. The first-order valence-corrected chi connectivity index (χ1v) is 4.55. The van der Waals surface area contributed by atoms with Crippen LogP contribution >= 0.6 is 0 Å². The van der Waals surface area contributed by atoms with E-state index in [4.69, 9.17) is 4.42 Å². The molecule has 0 aliphatic rings. The maximum atomic E-state index is 5.33. The molecule has 0 radical (unpaired) electrons. The molecule has 0 amide bonds. The summed E-state index contributed by atoms with van der Waals surface area (Å²) in [5, 5.41) is 11.9. The van der Waals surface area contributed by atoms with E-state index in [0.717, 1.165) is 17.8 Å². The van der Waals surface area contributed by atoms with Gasteiger partial charge in [-0.25, -0.2) is 0 Å². The molecule has 0 saturated heterocycles. The minimum absolute atomic E-state index is 0.541. The van der Waals surface area contributed by atoms with Gasteiger partial charge in [0.15, 0.2) is 0 Å². The molecule has 0 aliphatic heterocycles. The largest absolute Gasteiger partial charge is 0.421 e. The lowest BCUT2D eigenvalue weighted by molar-refractivity contribution is 0.532. The molecule has 2 heterocycles. The molecule has 5 heteroatoms. The number of rotatable bonds is 2. The molecule has 74 valence electrons. The second-order valence-corrected chi connectivity index (χ2v) is 3.09. The summed E-state index contributed by atoms with van der Waals surface area (Å²) in [6.07, 6.45) is 1.76. The van der Waals surface area contributed by atoms with Gasteiger partial charge < -0.3 is 4.42 Å². The Hall–Kier alpha value is -1.65. The number of aryl methyl sites for hydroxylation is 2. The van der Waals surface area contributed by atoms with Crippen molar-refractivity contribution < 1.29 is 4.42 Å². The summed E-state index contributed by atoms with van der Waals surface area (Å²) < 4.78 is 7.23. The van der Waals surface area contributed by atoms with Crippen molar-refractivity contribution in [2.45, 2.75) is 27.3 Å². The van der Waals surface area contributed by atoms with E-state index in [-0.39, 0.29) is 0 Å². The van der Waals surface area contributed by atoms with Crippen LogP contribution < -0.4 is 0 Å². The Balaban J connectivity index is 2.46. The van der Waals surface area contributed by atoms with E-state index in [1.807, 2.05) is 18.5 Å². The van der Waals surface area contributed by atoms with Crippen molar-refractivity contribution in [2.75, 3.05) is 0 Å². The van der Waals surface area contributed by atoms with Gasteiger partial charge >= 0.3 is 0 Å². The Bertz CT molecular complexity index is 443. The Kier molecular flexibility index (Phi) is 2.07. The maximum Gasteiger partial charge on any atom is 0.251 e. The second-order valence-electron chi connectivity index (χ2n) is 3.09. The van der Waals surface area contributed by atoms with Crippen molar-refractivity contribution >= 4 is 0 Å². The first-order chi connectivity index (χ1) is 6.72. The fourth-order valence-corrected chi connectivity index (χ4v) is 1.38. The zero-order chi connectivity index (χ0) is 10.1. The predicted molar refractivity (Wildman–Crippen MR) is 50.7 cm³/mol. The van der Waals surface area contributed by atoms with E-state index in [0.29, 0.717) is 11.8 Å². The summed E-state index contributed by atoms with van der Waals surface area (Å²) in [5.41, 5.74) is 1.96. The summed E-state index contributed by atoms with van der Waals surface area (Å²) in [7, 11) is 0. The van der Waals surface area contributed by atoms with Gasteiger partial charge in [0.05, 0.1) is 11.8 Å². The molecule has 5 nitrogen and oxygen atoms in total. The van der Waals surface area contributed by atoms with Gasteiger partial charge in [-0.3, -0.25) is 4.68 Å². The zero-order valence-corrected chi connectivity index (χ0v) is 8.48. The normalized spacial score (nSPS) is 10.8. The second kappa shape index (κ2) is 3.25. The zero-order valence-electron chi connectivity index (χ0n) is 8.48. The molecule has 2 aromatic rings. The SMILES string of the molecule is CCn1ncc(-c2nnc(C)o2)c1C. The van der Waals surface area contributed by atoms with Crippen LogP contribution in [0.1, 0.15) is 18.5 Å². The van der Waals surface area contributed by atoms with E-state index in [1.54, 1.807) is 13.1 Å². The predicted octanol–water partition coefficient (Wildman–Crippen LogP) is 1.57. The van der Waals surface area contributed by atoms with Gasteiger partial charge in [0.2, 0.25) is 5.89 Å². The van der Waals surface area contributed by atoms with E-state index in [2.05, 4.69) is 15.3 Å². The molecule has 0 unspecified atom stereocenters. The first-order valence-electron chi connectivity index (χ1n) is 4.55. The Morgan fingerprint density at radius 2 is 2.14 bits per heavy atom. The minimum atomic E-state index is 0.541. The average molecular weight is 192 g/mol. The first kappa shape index (κ1) is 8.93. The summed E-state index contributed by atoms with van der Waals surface area (Å²) in [4.78, 5) is 0. The van der Waals surface area contributed by atoms with Gasteiger partial charge in [0.1, 0.15) is 0 Å². The van der Waals surface area contributed by atoms with Crippen LogP contribution in [0.4, 0.5) is 0 Å². The number of aromatic nitrogens is 4. The van der Waals surface area contributed by atoms with Gasteiger partial charge in [-0.05, 0) is 13.8 Å². The van der Waals surface area contributed by atoms with Crippen molar-refractivity contribution in [1.82, 2.24) is 20.0 Å². The smallest absolute Gasteiger partial charge is 0.251 e. The average Bonchev–Trinajstić information content (AvgIpc) is 2.72. The topological polar surface area (TPSA) is 56.7 Å². The highest BCUT2D eigenvalue weighted by Crippen LogP contribution is 2.20. The van der Waals surface area contributed by atoms with Crippen LogP contribution in [-0.4, -0.2) is 20.0 Å². The Labute approximate surface area is 81.8 Å². The molecular formula is C9H12N4O. The van der Waals surface area contributed by atoms with Crippen LogP contribution in [0.2, 0.25) is 0 Å². The molecule has 0 spiro atoms. The lowest BCUT2D eigenvalue weighted by atomic mass is 10.2. The highest BCUT2D eigenvalue weighted by atomic mass is 16.4. The van der Waals surface area contributed by atoms with Crippen LogP contribution in [0.25, 0.3) is 11.5 Å². The third-order valence-corrected chi connectivity index (χ3v) is 2.16. The van der Waals surface area contributed by atoms with Gasteiger partial charge in [-0.1, -0.05) is 0 Å². The van der Waals surface area contributed by atoms with Crippen LogP contribution in [0, 0.1) is 13.8 Å². The highest BCUT2D eigenvalue weighted by molar-refractivity contribution is 5.54. The molecule has 0 aromatic carbocycles. The van der Waals surface area contributed by atoms with Gasteiger partial charge in [0, 0.05) is 19.2 Å². The van der Waals surface area contributed by atoms with Gasteiger partial charge in [-0.2, -0.15) is 5.10 Å². The summed E-state index contributed by atoms with van der Waals surface area (Å²) >= 11 is 0. The molecule has 14 heavy (non-hydrogen) atoms. The van der Waals surface area contributed by atoms with Crippen molar-refractivity contribution in [1.29, 1.82) is 0 Å².